The molecule has 1 amide bonds. The molecule has 0 bridgehead atoms. The van der Waals surface area contributed by atoms with Gasteiger partial charge in [-0.05, 0) is 37.1 Å². The lowest BCUT2D eigenvalue weighted by Crippen LogP contribution is -2.22. The Bertz CT molecular complexity index is 639. The quantitative estimate of drug-likeness (QED) is 0.892. The summed E-state index contributed by atoms with van der Waals surface area (Å²) in [6.07, 6.45) is -6.28. The Kier molecular flexibility index (Phi) is 4.45. The van der Waals surface area contributed by atoms with E-state index < -0.39 is 28.5 Å². The minimum Gasteiger partial charge on any atom is -0.326 e. The highest BCUT2D eigenvalue weighted by Gasteiger charge is 2.31. The fourth-order valence-corrected chi connectivity index (χ4v) is 2.12. The molecule has 0 heterocycles. The lowest BCUT2D eigenvalue weighted by molar-refractivity contribution is -0.150. The summed E-state index contributed by atoms with van der Waals surface area (Å²) in [6.45, 7) is 3.11. The Balaban J connectivity index is 3.13. The highest BCUT2D eigenvalue weighted by molar-refractivity contribution is 7.89. The van der Waals surface area contributed by atoms with E-state index in [0.29, 0.717) is 11.1 Å². The summed E-state index contributed by atoms with van der Waals surface area (Å²) in [4.78, 5) is 11.0. The third-order valence-corrected chi connectivity index (χ3v) is 3.50. The van der Waals surface area contributed by atoms with Gasteiger partial charge in [-0.25, -0.2) is 13.6 Å². The summed E-state index contributed by atoms with van der Waals surface area (Å²) in [7, 11) is -4.01. The number of halogens is 3. The normalized spacial score (nSPS) is 12.3. The van der Waals surface area contributed by atoms with Crippen LogP contribution in [0.5, 0.6) is 0 Å². The van der Waals surface area contributed by atoms with E-state index >= 15 is 0 Å². The van der Waals surface area contributed by atoms with Crippen molar-refractivity contribution in [3.63, 3.8) is 0 Å². The number of carbonyl (C=O) groups excluding carboxylic acids is 1. The molecule has 1 rings (SSSR count). The highest BCUT2D eigenvalue weighted by atomic mass is 32.2. The van der Waals surface area contributed by atoms with Gasteiger partial charge in [-0.2, -0.15) is 13.2 Å². The average molecular weight is 310 g/mol. The first kappa shape index (κ1) is 16.4. The number of benzene rings is 1. The van der Waals surface area contributed by atoms with E-state index in [1.165, 1.54) is 6.07 Å². The Hall–Kier alpha value is -1.61. The molecule has 0 aliphatic rings. The number of carbonyl (C=O) groups is 1. The molecule has 3 N–H and O–H groups in total. The van der Waals surface area contributed by atoms with Gasteiger partial charge in [-0.1, -0.05) is 0 Å². The molecule has 0 unspecified atom stereocenters. The average Bonchev–Trinajstić information content (AvgIpc) is 2.20. The smallest absolute Gasteiger partial charge is 0.326 e. The monoisotopic (exact) mass is 310 g/mol. The number of alkyl halides is 3. The van der Waals surface area contributed by atoms with Crippen LogP contribution in [-0.2, 0) is 14.8 Å². The Morgan fingerprint density at radius 1 is 1.30 bits per heavy atom. The van der Waals surface area contributed by atoms with Crippen LogP contribution in [0.1, 0.15) is 17.5 Å². The van der Waals surface area contributed by atoms with E-state index in [4.69, 9.17) is 5.14 Å². The first-order valence-electron chi connectivity index (χ1n) is 5.41. The van der Waals surface area contributed by atoms with Crippen molar-refractivity contribution in [3.05, 3.63) is 23.3 Å². The molecule has 0 aromatic heterocycles. The zero-order chi connectivity index (χ0) is 15.7. The van der Waals surface area contributed by atoms with Crippen LogP contribution in [0, 0.1) is 13.8 Å². The second-order valence-electron chi connectivity index (χ2n) is 4.30. The number of anilines is 1. The maximum Gasteiger partial charge on any atom is 0.397 e. The standard InChI is InChI=1S/C11H13F3N2O3S/c1-6-3-8(20(15,18)19)4-9(7(6)2)16-10(17)5-11(12,13)14/h3-4H,5H2,1-2H3,(H,16,17)(H2,15,18,19). The van der Waals surface area contributed by atoms with Gasteiger partial charge in [0.1, 0.15) is 6.42 Å². The molecule has 5 nitrogen and oxygen atoms in total. The zero-order valence-electron chi connectivity index (χ0n) is 10.7. The number of rotatable bonds is 3. The Morgan fingerprint density at radius 2 is 1.85 bits per heavy atom. The number of amides is 1. The van der Waals surface area contributed by atoms with E-state index in [2.05, 4.69) is 0 Å². The van der Waals surface area contributed by atoms with Crippen molar-refractivity contribution in [2.75, 3.05) is 5.32 Å². The van der Waals surface area contributed by atoms with Crippen molar-refractivity contribution >= 4 is 21.6 Å². The molecular formula is C11H13F3N2O3S. The topological polar surface area (TPSA) is 89.3 Å². The van der Waals surface area contributed by atoms with Crippen molar-refractivity contribution < 1.29 is 26.4 Å². The zero-order valence-corrected chi connectivity index (χ0v) is 11.5. The molecule has 0 saturated carbocycles. The molecule has 112 valence electrons. The molecule has 0 spiro atoms. The van der Waals surface area contributed by atoms with Gasteiger partial charge in [0.25, 0.3) is 0 Å². The molecule has 9 heteroatoms. The van der Waals surface area contributed by atoms with Gasteiger partial charge in [0.15, 0.2) is 0 Å². The summed E-state index contributed by atoms with van der Waals surface area (Å²) in [5.74, 6) is -1.27. The maximum absolute atomic E-state index is 12.1. The molecule has 0 radical (unpaired) electrons. The van der Waals surface area contributed by atoms with Crippen molar-refractivity contribution in [2.45, 2.75) is 31.3 Å². The van der Waals surface area contributed by atoms with Gasteiger partial charge in [0, 0.05) is 5.69 Å². The Morgan fingerprint density at radius 3 is 2.30 bits per heavy atom. The van der Waals surface area contributed by atoms with Crippen LogP contribution in [0.3, 0.4) is 0 Å². The minimum absolute atomic E-state index is 0.0109. The largest absolute Gasteiger partial charge is 0.397 e. The van der Waals surface area contributed by atoms with Gasteiger partial charge in [0.2, 0.25) is 15.9 Å². The van der Waals surface area contributed by atoms with E-state index in [1.54, 1.807) is 13.8 Å². The fourth-order valence-electron chi connectivity index (χ4n) is 1.50. The predicted octanol–water partition coefficient (Wildman–Crippen LogP) is 1.84. The van der Waals surface area contributed by atoms with E-state index in [0.717, 1.165) is 6.07 Å². The number of sulfonamides is 1. The van der Waals surface area contributed by atoms with Gasteiger partial charge in [0.05, 0.1) is 4.90 Å². The predicted molar refractivity (Wildman–Crippen MR) is 66.6 cm³/mol. The number of primary sulfonamides is 1. The highest BCUT2D eigenvalue weighted by Crippen LogP contribution is 2.25. The summed E-state index contributed by atoms with van der Waals surface area (Å²) in [5, 5.41) is 7.00. The van der Waals surface area contributed by atoms with Crippen molar-refractivity contribution in [1.29, 1.82) is 0 Å². The summed E-state index contributed by atoms with van der Waals surface area (Å²) in [5.41, 5.74) is 0.940. The van der Waals surface area contributed by atoms with Crippen molar-refractivity contribution in [1.82, 2.24) is 0 Å². The number of nitrogens with two attached hydrogens (primary N) is 1. The number of hydrogen-bond acceptors (Lipinski definition) is 3. The molecule has 0 atom stereocenters. The van der Waals surface area contributed by atoms with Crippen LogP contribution in [0.15, 0.2) is 17.0 Å². The van der Waals surface area contributed by atoms with Crippen LogP contribution in [0.25, 0.3) is 0 Å². The summed E-state index contributed by atoms with van der Waals surface area (Å²) >= 11 is 0. The summed E-state index contributed by atoms with van der Waals surface area (Å²) < 4.78 is 58.7. The van der Waals surface area contributed by atoms with Gasteiger partial charge < -0.3 is 5.32 Å². The lowest BCUT2D eigenvalue weighted by Gasteiger charge is -2.13. The molecule has 1 aromatic rings. The molecule has 0 aliphatic heterocycles. The van der Waals surface area contributed by atoms with Crippen molar-refractivity contribution in [2.24, 2.45) is 5.14 Å². The maximum atomic E-state index is 12.1. The molecule has 20 heavy (non-hydrogen) atoms. The third-order valence-electron chi connectivity index (χ3n) is 2.60. The van der Waals surface area contributed by atoms with Gasteiger partial charge in [-0.3, -0.25) is 4.79 Å². The van der Waals surface area contributed by atoms with Gasteiger partial charge in [-0.15, -0.1) is 0 Å². The molecule has 1 aromatic carbocycles. The molecule has 0 aliphatic carbocycles. The molecule has 0 fully saturated rings. The van der Waals surface area contributed by atoms with Crippen LogP contribution < -0.4 is 10.5 Å². The fraction of sp³-hybridized carbons (Fsp3) is 0.364. The van der Waals surface area contributed by atoms with E-state index in [1.807, 2.05) is 5.32 Å². The first-order valence-corrected chi connectivity index (χ1v) is 6.95. The summed E-state index contributed by atoms with van der Waals surface area (Å²) in [6, 6.07) is 2.32. The second kappa shape index (κ2) is 5.41. The SMILES string of the molecule is Cc1cc(S(N)(=O)=O)cc(NC(=O)CC(F)(F)F)c1C. The van der Waals surface area contributed by atoms with Crippen LogP contribution in [0.4, 0.5) is 18.9 Å². The van der Waals surface area contributed by atoms with Crippen LogP contribution in [0.2, 0.25) is 0 Å². The van der Waals surface area contributed by atoms with Gasteiger partial charge >= 0.3 is 6.18 Å². The third kappa shape index (κ3) is 4.49. The molecular weight excluding hydrogens is 297 g/mol. The lowest BCUT2D eigenvalue weighted by atomic mass is 10.1. The van der Waals surface area contributed by atoms with E-state index in [-0.39, 0.29) is 10.6 Å². The van der Waals surface area contributed by atoms with Crippen LogP contribution >= 0.6 is 0 Å². The number of hydrogen-bond donors (Lipinski definition) is 2. The second-order valence-corrected chi connectivity index (χ2v) is 5.86. The van der Waals surface area contributed by atoms with Crippen LogP contribution in [-0.4, -0.2) is 20.5 Å². The first-order chi connectivity index (χ1) is 8.90. The minimum atomic E-state index is -4.63. The number of aryl methyl sites for hydroxylation is 1. The van der Waals surface area contributed by atoms with Crippen molar-refractivity contribution in [3.8, 4) is 0 Å². The Labute approximate surface area is 114 Å². The van der Waals surface area contributed by atoms with E-state index in [9.17, 15) is 26.4 Å². The number of nitrogens with one attached hydrogen (secondary N) is 1. The molecule has 0 saturated heterocycles.